The van der Waals surface area contributed by atoms with Crippen LogP contribution < -0.4 is 4.90 Å². The van der Waals surface area contributed by atoms with Crippen LogP contribution in [-0.4, -0.2) is 51.7 Å². The fourth-order valence-electron chi connectivity index (χ4n) is 3.55. The lowest BCUT2D eigenvalue weighted by atomic mass is 9.88. The second-order valence-electron chi connectivity index (χ2n) is 7.91. The molecule has 124 valence electrons. The van der Waals surface area contributed by atoms with Gasteiger partial charge >= 0.3 is 6.09 Å². The van der Waals surface area contributed by atoms with Crippen molar-refractivity contribution in [2.24, 2.45) is 0 Å². The normalized spacial score (nSPS) is 26.7. The number of hydrogen-bond acceptors (Lipinski definition) is 5. The van der Waals surface area contributed by atoms with Crippen LogP contribution in [0.1, 0.15) is 51.6 Å². The minimum absolute atomic E-state index is 0.181. The van der Waals surface area contributed by atoms with Gasteiger partial charge in [0.05, 0.1) is 12.1 Å². The molecule has 1 aromatic heterocycles. The second-order valence-corrected chi connectivity index (χ2v) is 7.91. The number of hydrogen-bond donors (Lipinski definition) is 0. The maximum atomic E-state index is 12.3. The van der Waals surface area contributed by atoms with Crippen molar-refractivity contribution in [3.05, 3.63) is 18.1 Å². The molecule has 6 nitrogen and oxygen atoms in total. The number of carbonyl (C=O) groups excluding carboxylic acids is 1. The van der Waals surface area contributed by atoms with Gasteiger partial charge in [0.2, 0.25) is 0 Å². The topological polar surface area (TPSA) is 58.6 Å². The van der Waals surface area contributed by atoms with Crippen molar-refractivity contribution in [1.82, 2.24) is 14.9 Å². The van der Waals surface area contributed by atoms with Gasteiger partial charge in [-0.15, -0.1) is 0 Å². The second kappa shape index (κ2) is 5.08. The SMILES string of the molecule is CC(C)(C)OC(=O)N1C2CC1CN(c1cc(C3CC3)ncn1)C2. The smallest absolute Gasteiger partial charge is 0.410 e. The predicted molar refractivity (Wildman–Crippen MR) is 86.5 cm³/mol. The average Bonchev–Trinajstić information content (AvgIpc) is 3.30. The van der Waals surface area contributed by atoms with Gasteiger partial charge in [-0.1, -0.05) is 0 Å². The van der Waals surface area contributed by atoms with Gasteiger partial charge in [0.25, 0.3) is 0 Å². The van der Waals surface area contributed by atoms with Gasteiger partial charge in [-0.05, 0) is 40.0 Å². The van der Waals surface area contributed by atoms with Gasteiger partial charge in [-0.25, -0.2) is 14.8 Å². The molecule has 2 unspecified atom stereocenters. The molecule has 23 heavy (non-hydrogen) atoms. The zero-order valence-electron chi connectivity index (χ0n) is 14.0. The molecule has 4 fully saturated rings. The molecule has 1 aliphatic carbocycles. The first-order chi connectivity index (χ1) is 10.9. The highest BCUT2D eigenvalue weighted by molar-refractivity contribution is 5.71. The third-order valence-corrected chi connectivity index (χ3v) is 4.79. The molecule has 3 saturated heterocycles. The third kappa shape index (κ3) is 2.86. The summed E-state index contributed by atoms with van der Waals surface area (Å²) in [5.74, 6) is 1.63. The molecule has 1 aromatic rings. The Morgan fingerprint density at radius 1 is 1.22 bits per heavy atom. The highest BCUT2D eigenvalue weighted by Gasteiger charge is 2.49. The van der Waals surface area contributed by atoms with Crippen molar-refractivity contribution in [2.45, 2.75) is 63.6 Å². The van der Waals surface area contributed by atoms with E-state index in [0.717, 1.165) is 25.3 Å². The molecule has 4 heterocycles. The molecule has 4 aliphatic rings. The number of fused-ring (bicyclic) bond motifs is 2. The van der Waals surface area contributed by atoms with E-state index >= 15 is 0 Å². The number of ether oxygens (including phenoxy) is 1. The Morgan fingerprint density at radius 3 is 2.52 bits per heavy atom. The van der Waals surface area contributed by atoms with Crippen molar-refractivity contribution in [1.29, 1.82) is 0 Å². The summed E-state index contributed by atoms with van der Waals surface area (Å²) in [7, 11) is 0. The fourth-order valence-corrected chi connectivity index (χ4v) is 3.55. The van der Waals surface area contributed by atoms with Gasteiger partial charge < -0.3 is 9.64 Å². The summed E-state index contributed by atoms with van der Waals surface area (Å²) in [4.78, 5) is 25.3. The number of piperazine rings is 1. The number of carbonyl (C=O) groups is 1. The molecule has 3 aliphatic heterocycles. The monoisotopic (exact) mass is 316 g/mol. The summed E-state index contributed by atoms with van der Waals surface area (Å²) in [6.07, 6.45) is 5.05. The van der Waals surface area contributed by atoms with E-state index in [1.807, 2.05) is 25.7 Å². The summed E-state index contributed by atoms with van der Waals surface area (Å²) in [5, 5.41) is 0. The highest BCUT2D eigenvalue weighted by Crippen LogP contribution is 2.40. The zero-order chi connectivity index (χ0) is 16.2. The van der Waals surface area contributed by atoms with Gasteiger partial charge in [0.1, 0.15) is 17.7 Å². The van der Waals surface area contributed by atoms with Crippen molar-refractivity contribution in [3.8, 4) is 0 Å². The molecular formula is C17H24N4O2. The van der Waals surface area contributed by atoms with Crippen LogP contribution in [0.15, 0.2) is 12.4 Å². The number of aromatic nitrogens is 2. The first-order valence-electron chi connectivity index (χ1n) is 8.49. The van der Waals surface area contributed by atoms with Gasteiger partial charge in [-0.2, -0.15) is 0 Å². The summed E-state index contributed by atoms with van der Waals surface area (Å²) >= 11 is 0. The summed E-state index contributed by atoms with van der Waals surface area (Å²) in [6.45, 7) is 7.39. The Kier molecular flexibility index (Phi) is 3.25. The van der Waals surface area contributed by atoms with E-state index in [0.29, 0.717) is 5.92 Å². The Balaban J connectivity index is 1.43. The third-order valence-electron chi connectivity index (χ3n) is 4.79. The summed E-state index contributed by atoms with van der Waals surface area (Å²) < 4.78 is 5.52. The Labute approximate surface area is 136 Å². The molecule has 2 atom stereocenters. The van der Waals surface area contributed by atoms with E-state index in [2.05, 4.69) is 20.9 Å². The summed E-state index contributed by atoms with van der Waals surface area (Å²) in [6, 6.07) is 2.60. The molecule has 0 N–H and O–H groups in total. The largest absolute Gasteiger partial charge is 0.444 e. The average molecular weight is 316 g/mol. The van der Waals surface area contributed by atoms with Crippen molar-refractivity contribution in [2.75, 3.05) is 18.0 Å². The van der Waals surface area contributed by atoms with Crippen LogP contribution in [0.4, 0.5) is 10.6 Å². The molecule has 5 rings (SSSR count). The Bertz CT molecular complexity index is 611. The van der Waals surface area contributed by atoms with Gasteiger partial charge in [0.15, 0.2) is 0 Å². The molecule has 1 saturated carbocycles. The van der Waals surface area contributed by atoms with Gasteiger partial charge in [-0.3, -0.25) is 4.90 Å². The van der Waals surface area contributed by atoms with E-state index in [9.17, 15) is 4.79 Å². The predicted octanol–water partition coefficient (Wildman–Crippen LogP) is 2.55. The lowest BCUT2D eigenvalue weighted by Crippen LogP contribution is -2.70. The lowest BCUT2D eigenvalue weighted by Gasteiger charge is -2.56. The zero-order valence-corrected chi connectivity index (χ0v) is 14.0. The molecule has 0 spiro atoms. The maximum absolute atomic E-state index is 12.3. The van der Waals surface area contributed by atoms with Crippen LogP contribution in [-0.2, 0) is 4.74 Å². The Morgan fingerprint density at radius 2 is 1.91 bits per heavy atom. The number of amides is 1. The van der Waals surface area contributed by atoms with Crippen LogP contribution in [0.5, 0.6) is 0 Å². The van der Waals surface area contributed by atoms with E-state index in [-0.39, 0.29) is 18.2 Å². The molecule has 1 amide bonds. The van der Waals surface area contributed by atoms with Crippen molar-refractivity contribution in [3.63, 3.8) is 0 Å². The molecule has 0 aromatic carbocycles. The van der Waals surface area contributed by atoms with Crippen LogP contribution in [0.3, 0.4) is 0 Å². The van der Waals surface area contributed by atoms with Crippen molar-refractivity contribution < 1.29 is 9.53 Å². The minimum Gasteiger partial charge on any atom is -0.444 e. The lowest BCUT2D eigenvalue weighted by molar-refractivity contribution is -0.0380. The summed E-state index contributed by atoms with van der Waals surface area (Å²) in [5.41, 5.74) is 0.727. The maximum Gasteiger partial charge on any atom is 0.410 e. The minimum atomic E-state index is -0.438. The van der Waals surface area contributed by atoms with Crippen LogP contribution in [0.25, 0.3) is 0 Å². The number of rotatable bonds is 2. The van der Waals surface area contributed by atoms with Crippen molar-refractivity contribution >= 4 is 11.9 Å². The van der Waals surface area contributed by atoms with E-state index in [1.165, 1.54) is 18.5 Å². The molecule has 2 bridgehead atoms. The first-order valence-corrected chi connectivity index (χ1v) is 8.49. The molecule has 0 radical (unpaired) electrons. The van der Waals surface area contributed by atoms with Crippen LogP contribution >= 0.6 is 0 Å². The van der Waals surface area contributed by atoms with E-state index in [1.54, 1.807) is 6.33 Å². The fraction of sp³-hybridized carbons (Fsp3) is 0.706. The molecule has 6 heteroatoms. The first kappa shape index (κ1) is 14.7. The number of nitrogens with zero attached hydrogens (tertiary/aromatic N) is 4. The van der Waals surface area contributed by atoms with E-state index < -0.39 is 5.60 Å². The molecular weight excluding hydrogens is 292 g/mol. The van der Waals surface area contributed by atoms with Crippen LogP contribution in [0.2, 0.25) is 0 Å². The standard InChI is InChI=1S/C17H24N4O2/c1-17(2,3)23-16(22)21-12-6-13(21)9-20(8-12)15-7-14(11-4-5-11)18-10-19-15/h7,10-13H,4-6,8-9H2,1-3H3. The number of piperidine rings is 1. The van der Waals surface area contributed by atoms with Gasteiger partial charge in [0, 0.05) is 30.8 Å². The number of anilines is 1. The Hall–Kier alpha value is -1.85. The quantitative estimate of drug-likeness (QED) is 0.839. The highest BCUT2D eigenvalue weighted by atomic mass is 16.6. The van der Waals surface area contributed by atoms with E-state index in [4.69, 9.17) is 4.74 Å². The van der Waals surface area contributed by atoms with Crippen LogP contribution in [0, 0.1) is 0 Å².